The Kier molecular flexibility index (Phi) is 2.66. The van der Waals surface area contributed by atoms with Gasteiger partial charge >= 0.3 is 0 Å². The standard InChI is InChI=1S/C13H9BrN2O4/c14-6-1-2-7-8(5-6)13(20)16(12(7)19)9-3-4-10(17)15-11(9)18/h1-2,5,9H,3-4H2,(H,15,17,18)/i1D. The maximum atomic E-state index is 12.4. The third-order valence-corrected chi connectivity index (χ3v) is 3.79. The molecule has 1 N–H and O–H groups in total. The summed E-state index contributed by atoms with van der Waals surface area (Å²) in [5.74, 6) is -2.24. The lowest BCUT2D eigenvalue weighted by atomic mass is 10.0. The molecule has 20 heavy (non-hydrogen) atoms. The molecule has 2 aliphatic rings. The van der Waals surface area contributed by atoms with E-state index in [0.29, 0.717) is 4.47 Å². The number of carbonyl (C=O) groups excluding carboxylic acids is 4. The number of nitrogens with one attached hydrogen (secondary N) is 1. The molecule has 1 aromatic rings. The summed E-state index contributed by atoms with van der Waals surface area (Å²) >= 11 is 3.14. The molecule has 0 bridgehead atoms. The van der Waals surface area contributed by atoms with Gasteiger partial charge in [0, 0.05) is 10.9 Å². The van der Waals surface area contributed by atoms with Crippen LogP contribution in [0.4, 0.5) is 0 Å². The Balaban J connectivity index is 2.00. The lowest BCUT2D eigenvalue weighted by Crippen LogP contribution is -2.54. The minimum atomic E-state index is -0.983. The van der Waals surface area contributed by atoms with Crippen molar-refractivity contribution in [3.8, 4) is 0 Å². The zero-order valence-corrected chi connectivity index (χ0v) is 11.7. The van der Waals surface area contributed by atoms with Crippen LogP contribution in [0.25, 0.3) is 0 Å². The van der Waals surface area contributed by atoms with Gasteiger partial charge in [0.25, 0.3) is 11.8 Å². The molecular formula is C13H9BrN2O4. The fraction of sp³-hybridized carbons (Fsp3) is 0.231. The molecule has 2 aliphatic heterocycles. The van der Waals surface area contributed by atoms with Gasteiger partial charge in [0.2, 0.25) is 11.8 Å². The number of halogens is 1. The molecule has 0 aromatic heterocycles. The highest BCUT2D eigenvalue weighted by molar-refractivity contribution is 9.10. The second-order valence-electron chi connectivity index (χ2n) is 4.56. The summed E-state index contributed by atoms with van der Waals surface area (Å²) < 4.78 is 8.06. The van der Waals surface area contributed by atoms with Crippen LogP contribution in [-0.4, -0.2) is 34.6 Å². The molecule has 0 aliphatic carbocycles. The fourth-order valence-corrected chi connectivity index (χ4v) is 2.73. The van der Waals surface area contributed by atoms with Crippen molar-refractivity contribution < 1.29 is 20.5 Å². The van der Waals surface area contributed by atoms with Crippen molar-refractivity contribution in [1.29, 1.82) is 0 Å². The quantitative estimate of drug-likeness (QED) is 0.770. The number of nitrogens with zero attached hydrogens (tertiary/aromatic N) is 1. The summed E-state index contributed by atoms with van der Waals surface area (Å²) in [6.07, 6.45) is 0.197. The van der Waals surface area contributed by atoms with Gasteiger partial charge in [-0.15, -0.1) is 0 Å². The largest absolute Gasteiger partial charge is 0.295 e. The molecule has 0 spiro atoms. The molecule has 0 saturated carbocycles. The Bertz CT molecular complexity index is 677. The fourth-order valence-electron chi connectivity index (χ4n) is 2.38. The molecular weight excluding hydrogens is 328 g/mol. The van der Waals surface area contributed by atoms with E-state index in [9.17, 15) is 19.2 Å². The van der Waals surface area contributed by atoms with Crippen molar-refractivity contribution in [1.82, 2.24) is 10.2 Å². The Morgan fingerprint density at radius 3 is 2.65 bits per heavy atom. The van der Waals surface area contributed by atoms with Gasteiger partial charge in [-0.25, -0.2) is 0 Å². The SMILES string of the molecule is [2H]c1cc2c(cc1Br)C(=O)N(C1CCC(=O)NC1=O)C2=O. The molecule has 102 valence electrons. The van der Waals surface area contributed by atoms with Gasteiger partial charge in [-0.3, -0.25) is 29.4 Å². The maximum absolute atomic E-state index is 12.4. The molecule has 1 unspecified atom stereocenters. The average molecular weight is 338 g/mol. The van der Waals surface area contributed by atoms with Crippen LogP contribution < -0.4 is 5.32 Å². The first-order valence-electron chi connectivity index (χ1n) is 6.42. The maximum Gasteiger partial charge on any atom is 0.262 e. The highest BCUT2D eigenvalue weighted by Crippen LogP contribution is 2.29. The van der Waals surface area contributed by atoms with Crippen molar-refractivity contribution >= 4 is 39.6 Å². The topological polar surface area (TPSA) is 83.6 Å². The normalized spacial score (nSPS) is 22.8. The zero-order chi connectivity index (χ0) is 15.3. The summed E-state index contributed by atoms with van der Waals surface area (Å²) in [7, 11) is 0. The third kappa shape index (κ3) is 1.85. The van der Waals surface area contributed by atoms with E-state index in [-0.39, 0.29) is 30.0 Å². The van der Waals surface area contributed by atoms with Crippen molar-refractivity contribution in [2.45, 2.75) is 18.9 Å². The van der Waals surface area contributed by atoms with Crippen LogP contribution in [0.15, 0.2) is 22.6 Å². The van der Waals surface area contributed by atoms with Crippen LogP contribution in [0, 0.1) is 0 Å². The average Bonchev–Trinajstić information content (AvgIpc) is 2.64. The van der Waals surface area contributed by atoms with E-state index >= 15 is 0 Å². The molecule has 2 heterocycles. The Morgan fingerprint density at radius 1 is 1.25 bits per heavy atom. The number of piperidine rings is 1. The molecule has 3 rings (SSSR count). The predicted molar refractivity (Wildman–Crippen MR) is 70.8 cm³/mol. The molecule has 1 aromatic carbocycles. The van der Waals surface area contributed by atoms with Gasteiger partial charge < -0.3 is 0 Å². The second-order valence-corrected chi connectivity index (χ2v) is 5.41. The van der Waals surface area contributed by atoms with Gasteiger partial charge in [-0.05, 0) is 24.6 Å². The van der Waals surface area contributed by atoms with Crippen LogP contribution in [0.3, 0.4) is 0 Å². The van der Waals surface area contributed by atoms with E-state index in [1.54, 1.807) is 0 Å². The second kappa shape index (κ2) is 4.52. The van der Waals surface area contributed by atoms with Crippen LogP contribution >= 0.6 is 15.9 Å². The minimum absolute atomic E-state index is 0.0806. The summed E-state index contributed by atoms with van der Waals surface area (Å²) in [5, 5.41) is 2.13. The van der Waals surface area contributed by atoms with Gasteiger partial charge in [0.05, 0.1) is 12.5 Å². The van der Waals surface area contributed by atoms with E-state index in [1.807, 2.05) is 0 Å². The van der Waals surface area contributed by atoms with E-state index in [4.69, 9.17) is 1.37 Å². The van der Waals surface area contributed by atoms with Gasteiger partial charge in [0.15, 0.2) is 0 Å². The highest BCUT2D eigenvalue weighted by atomic mass is 79.9. The van der Waals surface area contributed by atoms with Crippen molar-refractivity contribution in [3.05, 3.63) is 33.8 Å². The number of imide groups is 2. The first-order valence-corrected chi connectivity index (χ1v) is 6.71. The molecule has 0 radical (unpaired) electrons. The zero-order valence-electron chi connectivity index (χ0n) is 11.1. The summed E-state index contributed by atoms with van der Waals surface area (Å²) in [4.78, 5) is 48.6. The number of rotatable bonds is 1. The number of fused-ring (bicyclic) bond motifs is 1. The van der Waals surface area contributed by atoms with E-state index < -0.39 is 29.7 Å². The number of benzene rings is 1. The van der Waals surface area contributed by atoms with Gasteiger partial charge in [-0.1, -0.05) is 15.9 Å². The highest BCUT2D eigenvalue weighted by Gasteiger charge is 2.44. The molecule has 6 nitrogen and oxygen atoms in total. The van der Waals surface area contributed by atoms with Gasteiger partial charge in [0.1, 0.15) is 6.04 Å². The number of hydrogen-bond acceptors (Lipinski definition) is 4. The number of carbonyl (C=O) groups is 4. The first-order chi connectivity index (χ1) is 9.90. The van der Waals surface area contributed by atoms with Crippen molar-refractivity contribution in [3.63, 3.8) is 0 Å². The minimum Gasteiger partial charge on any atom is -0.295 e. The summed E-state index contributed by atoms with van der Waals surface area (Å²) in [6.45, 7) is 0. The monoisotopic (exact) mass is 337 g/mol. The Morgan fingerprint density at radius 2 is 1.95 bits per heavy atom. The predicted octanol–water partition coefficient (Wildman–Crippen LogP) is 0.850. The van der Waals surface area contributed by atoms with Crippen molar-refractivity contribution in [2.75, 3.05) is 0 Å². The lowest BCUT2D eigenvalue weighted by molar-refractivity contribution is -0.136. The van der Waals surface area contributed by atoms with Gasteiger partial charge in [-0.2, -0.15) is 0 Å². The Labute approximate surface area is 123 Å². The van der Waals surface area contributed by atoms with E-state index in [2.05, 4.69) is 21.2 Å². The summed E-state index contributed by atoms with van der Waals surface area (Å²) in [5.41, 5.74) is 0.269. The molecule has 7 heteroatoms. The third-order valence-electron chi connectivity index (χ3n) is 3.34. The van der Waals surface area contributed by atoms with Crippen LogP contribution in [0.5, 0.6) is 0 Å². The smallest absolute Gasteiger partial charge is 0.262 e. The van der Waals surface area contributed by atoms with Crippen LogP contribution in [0.1, 0.15) is 34.9 Å². The number of hydrogen-bond donors (Lipinski definition) is 1. The van der Waals surface area contributed by atoms with Crippen LogP contribution in [-0.2, 0) is 9.59 Å². The van der Waals surface area contributed by atoms with Crippen molar-refractivity contribution in [2.24, 2.45) is 0 Å². The molecule has 1 fully saturated rings. The summed E-state index contributed by atoms with van der Waals surface area (Å²) in [6, 6.07) is 1.80. The Hall–Kier alpha value is -2.02. The molecule has 1 saturated heterocycles. The van der Waals surface area contributed by atoms with Crippen LogP contribution in [0.2, 0.25) is 0 Å². The first kappa shape index (κ1) is 11.8. The molecule has 4 amide bonds. The van der Waals surface area contributed by atoms with E-state index in [0.717, 1.165) is 4.90 Å². The molecule has 1 atom stereocenters. The lowest BCUT2D eigenvalue weighted by Gasteiger charge is -2.27. The number of amides is 4. The van der Waals surface area contributed by atoms with E-state index in [1.165, 1.54) is 12.1 Å².